The summed E-state index contributed by atoms with van der Waals surface area (Å²) in [7, 11) is 0. The van der Waals surface area contributed by atoms with E-state index in [1.54, 1.807) is 4.57 Å². The smallest absolute Gasteiger partial charge is 0.341 e. The first-order valence-corrected chi connectivity index (χ1v) is 8.72. The van der Waals surface area contributed by atoms with Gasteiger partial charge in [0.15, 0.2) is 11.6 Å². The monoisotopic (exact) mass is 361 g/mol. The number of halogens is 1. The third-order valence-corrected chi connectivity index (χ3v) is 5.03. The lowest BCUT2D eigenvalue weighted by molar-refractivity contribution is 0.0694. The molecule has 138 valence electrons. The first kappa shape index (κ1) is 16.8. The van der Waals surface area contributed by atoms with Gasteiger partial charge in [0.1, 0.15) is 17.9 Å². The lowest BCUT2D eigenvalue weighted by atomic mass is 10.1. The summed E-state index contributed by atoms with van der Waals surface area (Å²) in [5.74, 6) is -1.55. The fourth-order valence-electron chi connectivity index (χ4n) is 3.73. The molecule has 0 spiro atoms. The second-order valence-corrected chi connectivity index (χ2v) is 6.77. The molecule has 3 heterocycles. The van der Waals surface area contributed by atoms with E-state index in [0.717, 1.165) is 25.6 Å². The van der Waals surface area contributed by atoms with Crippen LogP contribution in [-0.2, 0) is 0 Å². The molecule has 4 rings (SSSR count). The molecule has 2 N–H and O–H groups in total. The number of hydrogen-bond donors (Lipinski definition) is 2. The van der Waals surface area contributed by atoms with Crippen molar-refractivity contribution in [3.8, 4) is 5.75 Å². The standard InChI is InChI=1S/C18H20FN3O4/c1-10-9-26-17-14-11(16(23)12(18(24)25)8-22(10)14)7-13(19)15(17)21-5-2-3-20-4-6-21/h7-8,10,20H,2-6,9H2,1H3,(H,24,25). The Hall–Kier alpha value is -2.61. The molecule has 1 unspecified atom stereocenters. The molecule has 26 heavy (non-hydrogen) atoms. The molecule has 2 aliphatic heterocycles. The molecule has 8 heteroatoms. The highest BCUT2D eigenvalue weighted by molar-refractivity contribution is 5.97. The average molecular weight is 361 g/mol. The second-order valence-electron chi connectivity index (χ2n) is 6.77. The number of nitrogens with zero attached hydrogens (tertiary/aromatic N) is 2. The summed E-state index contributed by atoms with van der Waals surface area (Å²) in [5.41, 5.74) is -0.231. The molecule has 1 aromatic carbocycles. The maximum Gasteiger partial charge on any atom is 0.341 e. The third kappa shape index (κ3) is 2.52. The van der Waals surface area contributed by atoms with Crippen molar-refractivity contribution in [1.82, 2.24) is 9.88 Å². The molecule has 1 saturated heterocycles. The number of ether oxygens (including phenoxy) is 1. The van der Waals surface area contributed by atoms with Crippen molar-refractivity contribution in [1.29, 1.82) is 0 Å². The van der Waals surface area contributed by atoms with Crippen molar-refractivity contribution in [2.45, 2.75) is 19.4 Å². The van der Waals surface area contributed by atoms with Gasteiger partial charge in [-0.15, -0.1) is 0 Å². The second kappa shape index (κ2) is 6.28. The summed E-state index contributed by atoms with van der Waals surface area (Å²) in [6.45, 7) is 5.07. The van der Waals surface area contributed by atoms with Crippen LogP contribution in [0.25, 0.3) is 10.9 Å². The average Bonchev–Trinajstić information content (AvgIpc) is 2.88. The van der Waals surface area contributed by atoms with Gasteiger partial charge >= 0.3 is 5.97 Å². The number of anilines is 1. The quantitative estimate of drug-likeness (QED) is 0.845. The van der Waals surface area contributed by atoms with Crippen LogP contribution in [0.5, 0.6) is 5.75 Å². The summed E-state index contributed by atoms with van der Waals surface area (Å²) < 4.78 is 22.6. The topological polar surface area (TPSA) is 83.8 Å². The highest BCUT2D eigenvalue weighted by atomic mass is 19.1. The van der Waals surface area contributed by atoms with Gasteiger partial charge < -0.3 is 24.6 Å². The summed E-state index contributed by atoms with van der Waals surface area (Å²) >= 11 is 0. The Kier molecular flexibility index (Phi) is 4.07. The summed E-state index contributed by atoms with van der Waals surface area (Å²) in [6, 6.07) is 0.993. The van der Waals surface area contributed by atoms with Crippen LogP contribution in [0.15, 0.2) is 17.1 Å². The molecule has 7 nitrogen and oxygen atoms in total. The zero-order valence-electron chi connectivity index (χ0n) is 14.4. The van der Waals surface area contributed by atoms with E-state index in [4.69, 9.17) is 4.74 Å². The van der Waals surface area contributed by atoms with E-state index in [0.29, 0.717) is 30.0 Å². The number of nitrogens with one attached hydrogen (secondary N) is 1. The van der Waals surface area contributed by atoms with Crippen LogP contribution in [-0.4, -0.2) is 48.4 Å². The Morgan fingerprint density at radius 3 is 2.96 bits per heavy atom. The molecule has 0 aliphatic carbocycles. The molecule has 0 saturated carbocycles. The maximum atomic E-state index is 15.0. The third-order valence-electron chi connectivity index (χ3n) is 5.03. The van der Waals surface area contributed by atoms with Crippen molar-refractivity contribution in [3.63, 3.8) is 0 Å². The fourth-order valence-corrected chi connectivity index (χ4v) is 3.73. The van der Waals surface area contributed by atoms with Gasteiger partial charge in [0.2, 0.25) is 5.43 Å². The van der Waals surface area contributed by atoms with Crippen molar-refractivity contribution < 1.29 is 19.0 Å². The summed E-state index contributed by atoms with van der Waals surface area (Å²) in [4.78, 5) is 25.9. The minimum Gasteiger partial charge on any atom is -0.487 e. The predicted molar refractivity (Wildman–Crippen MR) is 95.0 cm³/mol. The van der Waals surface area contributed by atoms with E-state index in [1.165, 1.54) is 6.20 Å². The molecule has 1 atom stereocenters. The van der Waals surface area contributed by atoms with Crippen LogP contribution >= 0.6 is 0 Å². The van der Waals surface area contributed by atoms with Crippen LogP contribution in [0.3, 0.4) is 0 Å². The number of hydrogen-bond acceptors (Lipinski definition) is 5. The van der Waals surface area contributed by atoms with Crippen molar-refractivity contribution >= 4 is 22.6 Å². The van der Waals surface area contributed by atoms with Crippen LogP contribution in [0.1, 0.15) is 29.7 Å². The van der Waals surface area contributed by atoms with Crippen LogP contribution in [0.2, 0.25) is 0 Å². The number of pyridine rings is 1. The van der Waals surface area contributed by atoms with Crippen LogP contribution < -0.4 is 20.4 Å². The number of carboxylic acids is 1. The number of carbonyl (C=O) groups is 1. The van der Waals surface area contributed by atoms with Crippen molar-refractivity contribution in [2.75, 3.05) is 37.7 Å². The van der Waals surface area contributed by atoms with E-state index in [1.807, 2.05) is 11.8 Å². The summed E-state index contributed by atoms with van der Waals surface area (Å²) in [6.07, 6.45) is 2.22. The SMILES string of the molecule is CC1COc2c(N3CCCNCC3)c(F)cc3c(=O)c(C(=O)O)cn1c23. The number of aromatic nitrogens is 1. The zero-order chi connectivity index (χ0) is 18.4. The van der Waals surface area contributed by atoms with Gasteiger partial charge in [0.05, 0.1) is 16.9 Å². The predicted octanol–water partition coefficient (Wildman–Crippen LogP) is 1.59. The van der Waals surface area contributed by atoms with Gasteiger partial charge in [-0.1, -0.05) is 0 Å². The fraction of sp³-hybridized carbons (Fsp3) is 0.444. The molecule has 0 amide bonds. The number of carboxylic acid groups (broad SMARTS) is 1. The van der Waals surface area contributed by atoms with E-state index in [-0.39, 0.29) is 23.6 Å². The molecule has 2 aromatic rings. The number of rotatable bonds is 2. The van der Waals surface area contributed by atoms with Gasteiger partial charge in [-0.25, -0.2) is 9.18 Å². The van der Waals surface area contributed by atoms with Crippen LogP contribution in [0.4, 0.5) is 10.1 Å². The van der Waals surface area contributed by atoms with Gasteiger partial charge in [-0.2, -0.15) is 0 Å². The number of benzene rings is 1. The number of aromatic carboxylic acids is 1. The minimum atomic E-state index is -1.32. The molecule has 1 aromatic heterocycles. The largest absolute Gasteiger partial charge is 0.487 e. The lowest BCUT2D eigenvalue weighted by Gasteiger charge is -2.32. The molecular formula is C18H20FN3O4. The molecule has 0 radical (unpaired) electrons. The molecular weight excluding hydrogens is 341 g/mol. The summed E-state index contributed by atoms with van der Waals surface area (Å²) in [5, 5.41) is 12.6. The first-order valence-electron chi connectivity index (χ1n) is 8.72. The van der Waals surface area contributed by atoms with Crippen LogP contribution in [0, 0.1) is 5.82 Å². The molecule has 2 aliphatic rings. The van der Waals surface area contributed by atoms with E-state index in [9.17, 15) is 14.7 Å². The Morgan fingerprint density at radius 1 is 1.38 bits per heavy atom. The molecule has 0 bridgehead atoms. The van der Waals surface area contributed by atoms with E-state index < -0.39 is 17.2 Å². The highest BCUT2D eigenvalue weighted by Gasteiger charge is 2.30. The van der Waals surface area contributed by atoms with E-state index >= 15 is 4.39 Å². The van der Waals surface area contributed by atoms with E-state index in [2.05, 4.69) is 5.32 Å². The minimum absolute atomic E-state index is 0.0423. The Balaban J connectivity index is 2.03. The molecule has 1 fully saturated rings. The normalized spacial score (nSPS) is 19.9. The highest BCUT2D eigenvalue weighted by Crippen LogP contribution is 2.41. The lowest BCUT2D eigenvalue weighted by Crippen LogP contribution is -2.32. The maximum absolute atomic E-state index is 15.0. The zero-order valence-corrected chi connectivity index (χ0v) is 14.4. The van der Waals surface area contributed by atoms with Gasteiger partial charge in [0, 0.05) is 25.8 Å². The van der Waals surface area contributed by atoms with Gasteiger partial charge in [-0.3, -0.25) is 4.79 Å². The Bertz CT molecular complexity index is 948. The Labute approximate surface area is 149 Å². The van der Waals surface area contributed by atoms with Crippen molar-refractivity contribution in [2.24, 2.45) is 0 Å². The van der Waals surface area contributed by atoms with Crippen molar-refractivity contribution in [3.05, 3.63) is 33.9 Å². The van der Waals surface area contributed by atoms with Gasteiger partial charge in [0.25, 0.3) is 0 Å². The Morgan fingerprint density at radius 2 is 2.19 bits per heavy atom. The van der Waals surface area contributed by atoms with Gasteiger partial charge in [-0.05, 0) is 26.0 Å². The first-order chi connectivity index (χ1) is 12.5.